The topological polar surface area (TPSA) is 26.3 Å². The SMILES string of the molecule is C=C1C(=O)O[C@H]2[C@@H]1CC[C@]1(C)C[C@H]3C[C@]3(C)[C@@H]21. The fourth-order valence-corrected chi connectivity index (χ4v) is 5.43. The largest absolute Gasteiger partial charge is 0.458 e. The average Bonchev–Trinajstić information content (AvgIpc) is 2.68. The van der Waals surface area contributed by atoms with Crippen molar-refractivity contribution in [2.45, 2.75) is 45.6 Å². The van der Waals surface area contributed by atoms with Gasteiger partial charge >= 0.3 is 5.97 Å². The third-order valence-corrected chi connectivity index (χ3v) is 6.34. The maximum absolute atomic E-state index is 11.7. The Morgan fingerprint density at radius 2 is 2.12 bits per heavy atom. The number of ether oxygens (including phenoxy) is 1. The average molecular weight is 232 g/mol. The number of carbonyl (C=O) groups is 1. The van der Waals surface area contributed by atoms with E-state index in [0.717, 1.165) is 17.9 Å². The van der Waals surface area contributed by atoms with Crippen LogP contribution >= 0.6 is 0 Å². The second-order valence-corrected chi connectivity index (χ2v) is 7.28. The van der Waals surface area contributed by atoms with Crippen LogP contribution < -0.4 is 0 Å². The van der Waals surface area contributed by atoms with Crippen molar-refractivity contribution < 1.29 is 9.53 Å². The van der Waals surface area contributed by atoms with Crippen LogP contribution in [0.3, 0.4) is 0 Å². The summed E-state index contributed by atoms with van der Waals surface area (Å²) in [6.45, 7) is 8.77. The highest BCUT2D eigenvalue weighted by Gasteiger charge is 2.72. The summed E-state index contributed by atoms with van der Waals surface area (Å²) in [5.74, 6) is 1.67. The predicted molar refractivity (Wildman–Crippen MR) is 64.2 cm³/mol. The normalized spacial score (nSPS) is 59.4. The third-order valence-electron chi connectivity index (χ3n) is 6.34. The van der Waals surface area contributed by atoms with Gasteiger partial charge in [-0.05, 0) is 42.4 Å². The molecule has 1 heterocycles. The molecule has 2 heteroatoms. The van der Waals surface area contributed by atoms with E-state index in [1.807, 2.05) is 0 Å². The Labute approximate surface area is 102 Å². The molecule has 0 aromatic carbocycles. The van der Waals surface area contributed by atoms with E-state index in [4.69, 9.17) is 4.74 Å². The molecule has 0 spiro atoms. The minimum Gasteiger partial charge on any atom is -0.458 e. The molecule has 6 atom stereocenters. The van der Waals surface area contributed by atoms with E-state index in [2.05, 4.69) is 20.4 Å². The molecule has 4 aliphatic rings. The molecule has 17 heavy (non-hydrogen) atoms. The molecule has 4 fully saturated rings. The van der Waals surface area contributed by atoms with Crippen molar-refractivity contribution >= 4 is 5.97 Å². The zero-order valence-electron chi connectivity index (χ0n) is 10.7. The Hall–Kier alpha value is -0.790. The highest BCUT2D eigenvalue weighted by Crippen LogP contribution is 2.76. The second kappa shape index (κ2) is 2.62. The number of hydrogen-bond acceptors (Lipinski definition) is 2. The molecule has 2 nitrogen and oxygen atoms in total. The van der Waals surface area contributed by atoms with Gasteiger partial charge in [0.1, 0.15) is 6.10 Å². The van der Waals surface area contributed by atoms with E-state index in [0.29, 0.717) is 22.7 Å². The van der Waals surface area contributed by atoms with Crippen molar-refractivity contribution in [3.63, 3.8) is 0 Å². The molecule has 0 aromatic heterocycles. The van der Waals surface area contributed by atoms with Crippen LogP contribution in [0, 0.1) is 28.6 Å². The molecule has 92 valence electrons. The highest BCUT2D eigenvalue weighted by molar-refractivity contribution is 5.91. The summed E-state index contributed by atoms with van der Waals surface area (Å²) >= 11 is 0. The van der Waals surface area contributed by atoms with Crippen LogP contribution in [0.25, 0.3) is 0 Å². The Bertz CT molecular complexity index is 440. The monoisotopic (exact) mass is 232 g/mol. The Kier molecular flexibility index (Phi) is 1.57. The first-order valence-electron chi connectivity index (χ1n) is 6.85. The fraction of sp³-hybridized carbons (Fsp3) is 0.800. The molecular formula is C15H20O2. The summed E-state index contributed by atoms with van der Waals surface area (Å²) in [5, 5.41) is 0. The van der Waals surface area contributed by atoms with Crippen LogP contribution in [0.5, 0.6) is 0 Å². The number of esters is 1. The standard InChI is InChI=1S/C15H20O2/c1-8-10-4-5-14(2)6-9-7-15(9,3)12(14)11(10)17-13(8)16/h9-12H,1,4-7H2,2-3H3/t9-,10+,11-,12-,14+,15-/m0/s1. The smallest absolute Gasteiger partial charge is 0.334 e. The van der Waals surface area contributed by atoms with Crippen molar-refractivity contribution in [3.05, 3.63) is 12.2 Å². The lowest BCUT2D eigenvalue weighted by Crippen LogP contribution is -2.45. The van der Waals surface area contributed by atoms with Crippen molar-refractivity contribution in [2.75, 3.05) is 0 Å². The van der Waals surface area contributed by atoms with Gasteiger partial charge < -0.3 is 4.74 Å². The third kappa shape index (κ3) is 1.01. The number of rotatable bonds is 0. The first-order chi connectivity index (χ1) is 7.96. The molecule has 3 aliphatic carbocycles. The summed E-state index contributed by atoms with van der Waals surface area (Å²) in [6, 6.07) is 0. The fourth-order valence-electron chi connectivity index (χ4n) is 5.43. The lowest BCUT2D eigenvalue weighted by Gasteiger charge is -2.46. The summed E-state index contributed by atoms with van der Waals surface area (Å²) in [5.41, 5.74) is 1.62. The van der Waals surface area contributed by atoms with Crippen LogP contribution in [-0.4, -0.2) is 12.1 Å². The van der Waals surface area contributed by atoms with Gasteiger partial charge in [0.05, 0.1) is 0 Å². The highest BCUT2D eigenvalue weighted by atomic mass is 16.6. The minimum absolute atomic E-state index is 0.128. The lowest BCUT2D eigenvalue weighted by molar-refractivity contribution is -0.147. The molecule has 0 radical (unpaired) electrons. The summed E-state index contributed by atoms with van der Waals surface area (Å²) in [7, 11) is 0. The zero-order valence-corrected chi connectivity index (χ0v) is 10.7. The summed E-state index contributed by atoms with van der Waals surface area (Å²) in [6.07, 6.45) is 5.19. The van der Waals surface area contributed by atoms with Crippen LogP contribution in [0.4, 0.5) is 0 Å². The maximum atomic E-state index is 11.7. The van der Waals surface area contributed by atoms with Crippen LogP contribution in [0.2, 0.25) is 0 Å². The number of hydrogen-bond donors (Lipinski definition) is 0. The van der Waals surface area contributed by atoms with Gasteiger partial charge in [0, 0.05) is 17.4 Å². The van der Waals surface area contributed by atoms with Gasteiger partial charge in [0.2, 0.25) is 0 Å². The quantitative estimate of drug-likeness (QED) is 0.474. The first kappa shape index (κ1) is 10.2. The molecule has 4 rings (SSSR count). The second-order valence-electron chi connectivity index (χ2n) is 7.28. The van der Waals surface area contributed by atoms with Gasteiger partial charge in [0.25, 0.3) is 0 Å². The Morgan fingerprint density at radius 1 is 1.35 bits per heavy atom. The minimum atomic E-state index is -0.128. The molecule has 0 N–H and O–H groups in total. The maximum Gasteiger partial charge on any atom is 0.334 e. The first-order valence-corrected chi connectivity index (χ1v) is 6.85. The van der Waals surface area contributed by atoms with Crippen LogP contribution in [-0.2, 0) is 9.53 Å². The van der Waals surface area contributed by atoms with E-state index in [1.165, 1.54) is 19.3 Å². The molecule has 1 saturated heterocycles. The molecule has 0 aromatic rings. The van der Waals surface area contributed by atoms with Crippen molar-refractivity contribution in [3.8, 4) is 0 Å². The molecule has 3 saturated carbocycles. The summed E-state index contributed by atoms with van der Waals surface area (Å²) < 4.78 is 5.68. The van der Waals surface area contributed by atoms with Gasteiger partial charge in [-0.25, -0.2) is 4.79 Å². The Morgan fingerprint density at radius 3 is 2.88 bits per heavy atom. The van der Waals surface area contributed by atoms with Gasteiger partial charge in [-0.2, -0.15) is 0 Å². The van der Waals surface area contributed by atoms with Crippen LogP contribution in [0.1, 0.15) is 39.5 Å². The zero-order chi connectivity index (χ0) is 12.0. The van der Waals surface area contributed by atoms with E-state index in [9.17, 15) is 4.79 Å². The molecular weight excluding hydrogens is 212 g/mol. The van der Waals surface area contributed by atoms with E-state index in [1.54, 1.807) is 0 Å². The Balaban J connectivity index is 1.77. The molecule has 1 aliphatic heterocycles. The summed E-state index contributed by atoms with van der Waals surface area (Å²) in [4.78, 5) is 11.7. The van der Waals surface area contributed by atoms with Crippen LogP contribution in [0.15, 0.2) is 12.2 Å². The van der Waals surface area contributed by atoms with E-state index < -0.39 is 0 Å². The van der Waals surface area contributed by atoms with Crippen molar-refractivity contribution in [1.82, 2.24) is 0 Å². The van der Waals surface area contributed by atoms with Gasteiger partial charge in [-0.15, -0.1) is 0 Å². The van der Waals surface area contributed by atoms with Gasteiger partial charge in [-0.3, -0.25) is 0 Å². The van der Waals surface area contributed by atoms with E-state index in [-0.39, 0.29) is 12.1 Å². The number of fused-ring (bicyclic) bond motifs is 5. The number of carbonyl (C=O) groups excluding carboxylic acids is 1. The van der Waals surface area contributed by atoms with Gasteiger partial charge in [0.15, 0.2) is 0 Å². The predicted octanol–water partition coefficient (Wildman–Crippen LogP) is 2.93. The molecule has 0 unspecified atom stereocenters. The van der Waals surface area contributed by atoms with Crippen molar-refractivity contribution in [1.29, 1.82) is 0 Å². The lowest BCUT2D eigenvalue weighted by atomic mass is 9.60. The molecule has 0 bridgehead atoms. The van der Waals surface area contributed by atoms with Gasteiger partial charge in [-0.1, -0.05) is 20.4 Å². The van der Waals surface area contributed by atoms with Crippen molar-refractivity contribution in [2.24, 2.45) is 28.6 Å². The van der Waals surface area contributed by atoms with E-state index >= 15 is 0 Å². The molecule has 0 amide bonds.